The lowest BCUT2D eigenvalue weighted by molar-refractivity contribution is -0.118. The van der Waals surface area contributed by atoms with E-state index in [9.17, 15) is 9.59 Å². The zero-order valence-electron chi connectivity index (χ0n) is 11.6. The highest BCUT2D eigenvalue weighted by molar-refractivity contribution is 5.96. The number of hydrogen-bond acceptors (Lipinski definition) is 4. The van der Waals surface area contributed by atoms with Gasteiger partial charge in [-0.2, -0.15) is 5.10 Å². The molecule has 1 aromatic heterocycles. The SMILES string of the molecule is COc1cc(-c2cnn(CCC(N)=O)c2)ccc1C(N)=O. The van der Waals surface area contributed by atoms with Gasteiger partial charge in [-0.15, -0.1) is 0 Å². The molecule has 7 heteroatoms. The first-order valence-electron chi connectivity index (χ1n) is 6.30. The van der Waals surface area contributed by atoms with Gasteiger partial charge < -0.3 is 16.2 Å². The Hall–Kier alpha value is -2.83. The second-order valence-electron chi connectivity index (χ2n) is 4.49. The molecule has 0 atom stereocenters. The lowest BCUT2D eigenvalue weighted by atomic mass is 10.1. The van der Waals surface area contributed by atoms with E-state index in [1.807, 2.05) is 0 Å². The average molecular weight is 288 g/mol. The predicted molar refractivity (Wildman–Crippen MR) is 76.5 cm³/mol. The molecule has 1 aromatic carbocycles. The van der Waals surface area contributed by atoms with Crippen molar-refractivity contribution in [3.63, 3.8) is 0 Å². The monoisotopic (exact) mass is 288 g/mol. The molecule has 2 amide bonds. The molecule has 0 aliphatic carbocycles. The number of ether oxygens (including phenoxy) is 1. The summed E-state index contributed by atoms with van der Waals surface area (Å²) in [6.45, 7) is 0.422. The number of carbonyl (C=O) groups excluding carboxylic acids is 2. The van der Waals surface area contributed by atoms with Gasteiger partial charge in [-0.3, -0.25) is 14.3 Å². The van der Waals surface area contributed by atoms with Crippen molar-refractivity contribution in [1.82, 2.24) is 9.78 Å². The molecule has 0 saturated carbocycles. The number of hydrogen-bond donors (Lipinski definition) is 2. The highest BCUT2D eigenvalue weighted by Crippen LogP contribution is 2.26. The Morgan fingerprint density at radius 2 is 2.05 bits per heavy atom. The lowest BCUT2D eigenvalue weighted by Gasteiger charge is -2.07. The van der Waals surface area contributed by atoms with Crippen LogP contribution >= 0.6 is 0 Å². The maximum absolute atomic E-state index is 11.3. The Labute approximate surface area is 121 Å². The Kier molecular flexibility index (Phi) is 4.22. The quantitative estimate of drug-likeness (QED) is 0.807. The number of benzene rings is 1. The second kappa shape index (κ2) is 6.08. The van der Waals surface area contributed by atoms with Crippen molar-refractivity contribution in [3.05, 3.63) is 36.2 Å². The molecular formula is C14H16N4O3. The van der Waals surface area contributed by atoms with Crippen molar-refractivity contribution in [1.29, 1.82) is 0 Å². The van der Waals surface area contributed by atoms with Crippen LogP contribution < -0.4 is 16.2 Å². The van der Waals surface area contributed by atoms with Crippen molar-refractivity contribution < 1.29 is 14.3 Å². The minimum atomic E-state index is -0.546. The number of nitrogens with two attached hydrogens (primary N) is 2. The first-order chi connectivity index (χ1) is 10.0. The van der Waals surface area contributed by atoms with Crippen molar-refractivity contribution in [2.75, 3.05) is 7.11 Å². The summed E-state index contributed by atoms with van der Waals surface area (Å²) in [4.78, 5) is 22.0. The van der Waals surface area contributed by atoms with Crippen LogP contribution in [0.5, 0.6) is 5.75 Å². The van der Waals surface area contributed by atoms with Crippen LogP contribution in [-0.4, -0.2) is 28.7 Å². The fourth-order valence-corrected chi connectivity index (χ4v) is 1.93. The molecule has 0 fully saturated rings. The van der Waals surface area contributed by atoms with Crippen LogP contribution in [0.3, 0.4) is 0 Å². The van der Waals surface area contributed by atoms with Gasteiger partial charge in [0, 0.05) is 24.7 Å². The standard InChI is InChI=1S/C14H16N4O3/c1-21-12-6-9(2-3-11(12)14(16)20)10-7-17-18(8-10)5-4-13(15)19/h2-3,6-8H,4-5H2,1H3,(H2,15,19)(H2,16,20). The summed E-state index contributed by atoms with van der Waals surface area (Å²) in [6.07, 6.45) is 3.69. The maximum atomic E-state index is 11.3. The van der Waals surface area contributed by atoms with Crippen LogP contribution in [0.4, 0.5) is 0 Å². The first kappa shape index (κ1) is 14.6. The number of amides is 2. The molecule has 0 aliphatic heterocycles. The molecular weight excluding hydrogens is 272 g/mol. The van der Waals surface area contributed by atoms with Crippen LogP contribution in [0.15, 0.2) is 30.6 Å². The summed E-state index contributed by atoms with van der Waals surface area (Å²) in [5.74, 6) is -0.514. The van der Waals surface area contributed by atoms with Crippen molar-refractivity contribution >= 4 is 11.8 Å². The van der Waals surface area contributed by atoms with Gasteiger partial charge >= 0.3 is 0 Å². The summed E-state index contributed by atoms with van der Waals surface area (Å²) in [5, 5.41) is 4.15. The van der Waals surface area contributed by atoms with Gasteiger partial charge in [0.15, 0.2) is 0 Å². The molecule has 21 heavy (non-hydrogen) atoms. The van der Waals surface area contributed by atoms with E-state index in [1.54, 1.807) is 35.3 Å². The number of methoxy groups -OCH3 is 1. The number of primary amides is 2. The molecule has 0 aliphatic rings. The normalized spacial score (nSPS) is 10.3. The van der Waals surface area contributed by atoms with Gasteiger partial charge in [-0.05, 0) is 17.7 Å². The summed E-state index contributed by atoms with van der Waals surface area (Å²) in [7, 11) is 1.47. The van der Waals surface area contributed by atoms with Crippen LogP contribution in [0.25, 0.3) is 11.1 Å². The summed E-state index contributed by atoms with van der Waals surface area (Å²) in [5.41, 5.74) is 12.4. The third kappa shape index (κ3) is 3.38. The van der Waals surface area contributed by atoms with Gasteiger partial charge in [0.25, 0.3) is 5.91 Å². The average Bonchev–Trinajstić information content (AvgIpc) is 2.93. The van der Waals surface area contributed by atoms with E-state index in [-0.39, 0.29) is 12.3 Å². The van der Waals surface area contributed by atoms with Crippen molar-refractivity contribution in [2.45, 2.75) is 13.0 Å². The van der Waals surface area contributed by atoms with Crippen LogP contribution in [-0.2, 0) is 11.3 Å². The maximum Gasteiger partial charge on any atom is 0.252 e. The molecule has 0 spiro atoms. The van der Waals surface area contributed by atoms with E-state index in [1.165, 1.54) is 7.11 Å². The smallest absolute Gasteiger partial charge is 0.252 e. The highest BCUT2D eigenvalue weighted by Gasteiger charge is 2.11. The molecule has 7 nitrogen and oxygen atoms in total. The van der Waals surface area contributed by atoms with Gasteiger partial charge in [0.2, 0.25) is 5.91 Å². The van der Waals surface area contributed by atoms with Gasteiger partial charge in [0.1, 0.15) is 5.75 Å². The molecule has 0 unspecified atom stereocenters. The fraction of sp³-hybridized carbons (Fsp3) is 0.214. The number of aromatic nitrogens is 2. The largest absolute Gasteiger partial charge is 0.496 e. The summed E-state index contributed by atoms with van der Waals surface area (Å²) in [6, 6.07) is 5.09. The number of aryl methyl sites for hydroxylation is 1. The fourth-order valence-electron chi connectivity index (χ4n) is 1.93. The Morgan fingerprint density at radius 1 is 1.29 bits per heavy atom. The Balaban J connectivity index is 2.26. The van der Waals surface area contributed by atoms with Gasteiger partial charge in [-0.1, -0.05) is 6.07 Å². The van der Waals surface area contributed by atoms with E-state index in [0.29, 0.717) is 17.9 Å². The molecule has 110 valence electrons. The number of nitrogens with zero attached hydrogens (tertiary/aromatic N) is 2. The summed E-state index contributed by atoms with van der Waals surface area (Å²) < 4.78 is 6.80. The molecule has 2 aromatic rings. The third-order valence-electron chi connectivity index (χ3n) is 3.02. The Bertz CT molecular complexity index is 679. The first-order valence-corrected chi connectivity index (χ1v) is 6.30. The number of carbonyl (C=O) groups is 2. The highest BCUT2D eigenvalue weighted by atomic mass is 16.5. The zero-order chi connectivity index (χ0) is 15.4. The van der Waals surface area contributed by atoms with E-state index in [0.717, 1.165) is 11.1 Å². The Morgan fingerprint density at radius 3 is 2.67 bits per heavy atom. The van der Waals surface area contributed by atoms with E-state index in [4.69, 9.17) is 16.2 Å². The minimum absolute atomic E-state index is 0.227. The van der Waals surface area contributed by atoms with Crippen LogP contribution in [0, 0.1) is 0 Å². The zero-order valence-corrected chi connectivity index (χ0v) is 11.6. The minimum Gasteiger partial charge on any atom is -0.496 e. The summed E-state index contributed by atoms with van der Waals surface area (Å²) >= 11 is 0. The van der Waals surface area contributed by atoms with Gasteiger partial charge in [-0.25, -0.2) is 0 Å². The van der Waals surface area contributed by atoms with Crippen LogP contribution in [0.1, 0.15) is 16.8 Å². The molecule has 4 N–H and O–H groups in total. The molecule has 2 rings (SSSR count). The number of rotatable bonds is 6. The van der Waals surface area contributed by atoms with E-state index in [2.05, 4.69) is 5.10 Å². The molecule has 0 radical (unpaired) electrons. The van der Waals surface area contributed by atoms with Crippen LogP contribution in [0.2, 0.25) is 0 Å². The van der Waals surface area contributed by atoms with Crippen molar-refractivity contribution in [3.8, 4) is 16.9 Å². The third-order valence-corrected chi connectivity index (χ3v) is 3.02. The molecule has 0 bridgehead atoms. The lowest BCUT2D eigenvalue weighted by Crippen LogP contribution is -2.14. The van der Waals surface area contributed by atoms with E-state index < -0.39 is 5.91 Å². The van der Waals surface area contributed by atoms with E-state index >= 15 is 0 Å². The van der Waals surface area contributed by atoms with Gasteiger partial charge in [0.05, 0.1) is 18.9 Å². The molecule has 0 saturated heterocycles. The van der Waals surface area contributed by atoms with Crippen molar-refractivity contribution in [2.24, 2.45) is 11.5 Å². The second-order valence-corrected chi connectivity index (χ2v) is 4.49. The predicted octanol–water partition coefficient (Wildman–Crippen LogP) is 0.533. The topological polar surface area (TPSA) is 113 Å². The molecule has 1 heterocycles.